The van der Waals surface area contributed by atoms with Crippen LogP contribution in [0, 0.1) is 27.7 Å². The quantitative estimate of drug-likeness (QED) is 0.670. The van der Waals surface area contributed by atoms with Crippen molar-refractivity contribution in [1.29, 1.82) is 0 Å². The van der Waals surface area contributed by atoms with Gasteiger partial charge in [0.2, 0.25) is 0 Å². The highest BCUT2D eigenvalue weighted by Gasteiger charge is 2.13. The van der Waals surface area contributed by atoms with Gasteiger partial charge in [0.1, 0.15) is 5.75 Å². The largest absolute Gasteiger partial charge is 0.496 e. The topological polar surface area (TPSA) is 9.23 Å². The van der Waals surface area contributed by atoms with Crippen LogP contribution in [0.1, 0.15) is 22.3 Å². The molecule has 72 valence electrons. The fourth-order valence-electron chi connectivity index (χ4n) is 1.58. The van der Waals surface area contributed by atoms with Crippen LogP contribution in [0.25, 0.3) is 0 Å². The van der Waals surface area contributed by atoms with Gasteiger partial charge in [0.15, 0.2) is 0 Å². The molecule has 0 aliphatic heterocycles. The van der Waals surface area contributed by atoms with E-state index in [4.69, 9.17) is 16.3 Å². The number of rotatable bonds is 1. The number of benzene rings is 1. The van der Waals surface area contributed by atoms with Crippen LogP contribution in [0.15, 0.2) is 0 Å². The van der Waals surface area contributed by atoms with E-state index in [1.54, 1.807) is 7.11 Å². The van der Waals surface area contributed by atoms with E-state index in [2.05, 4.69) is 13.8 Å². The summed E-state index contributed by atoms with van der Waals surface area (Å²) in [5.74, 6) is 0.910. The first-order valence-corrected chi connectivity index (χ1v) is 4.68. The number of hydrogen-bond donors (Lipinski definition) is 0. The normalized spacial score (nSPS) is 10.3. The maximum atomic E-state index is 6.16. The fourth-order valence-corrected chi connectivity index (χ4v) is 1.81. The zero-order chi connectivity index (χ0) is 10.2. The van der Waals surface area contributed by atoms with Crippen LogP contribution in [0.5, 0.6) is 5.75 Å². The Morgan fingerprint density at radius 1 is 0.846 bits per heavy atom. The predicted octanol–water partition coefficient (Wildman–Crippen LogP) is 3.58. The minimum absolute atomic E-state index is 0.819. The van der Waals surface area contributed by atoms with Crippen molar-refractivity contribution in [2.75, 3.05) is 7.11 Å². The lowest BCUT2D eigenvalue weighted by Gasteiger charge is -2.15. The molecule has 0 spiro atoms. The van der Waals surface area contributed by atoms with E-state index in [1.165, 1.54) is 11.1 Å². The van der Waals surface area contributed by atoms with Gasteiger partial charge >= 0.3 is 0 Å². The second-order valence-corrected chi connectivity index (χ2v) is 3.73. The number of methoxy groups -OCH3 is 1. The first-order chi connectivity index (χ1) is 6.00. The van der Waals surface area contributed by atoms with Crippen molar-refractivity contribution in [2.24, 2.45) is 0 Å². The molecule has 0 amide bonds. The summed E-state index contributed by atoms with van der Waals surface area (Å²) in [4.78, 5) is 0. The summed E-state index contributed by atoms with van der Waals surface area (Å²) >= 11 is 6.16. The molecule has 1 aromatic rings. The monoisotopic (exact) mass is 198 g/mol. The van der Waals surface area contributed by atoms with Gasteiger partial charge in [0.25, 0.3) is 0 Å². The summed E-state index contributed by atoms with van der Waals surface area (Å²) in [6, 6.07) is 0. The van der Waals surface area contributed by atoms with E-state index in [9.17, 15) is 0 Å². The SMILES string of the molecule is COc1c(C)c(C)c(C)c(Cl)c1C. The summed E-state index contributed by atoms with van der Waals surface area (Å²) < 4.78 is 5.31. The van der Waals surface area contributed by atoms with Gasteiger partial charge in [-0.1, -0.05) is 11.6 Å². The molecule has 0 fully saturated rings. The lowest BCUT2D eigenvalue weighted by atomic mass is 9.99. The molecular weight excluding hydrogens is 184 g/mol. The molecule has 2 heteroatoms. The molecule has 0 saturated carbocycles. The van der Waals surface area contributed by atoms with Crippen LogP contribution in [-0.2, 0) is 0 Å². The summed E-state index contributed by atoms with van der Waals surface area (Å²) in [6.45, 7) is 8.15. The van der Waals surface area contributed by atoms with Crippen molar-refractivity contribution >= 4 is 11.6 Å². The third-order valence-electron chi connectivity index (χ3n) is 2.67. The molecule has 0 N–H and O–H groups in total. The molecule has 1 rings (SSSR count). The van der Waals surface area contributed by atoms with Crippen LogP contribution in [0.3, 0.4) is 0 Å². The summed E-state index contributed by atoms with van der Waals surface area (Å²) in [7, 11) is 1.68. The molecule has 0 radical (unpaired) electrons. The Morgan fingerprint density at radius 2 is 1.38 bits per heavy atom. The molecule has 0 saturated heterocycles. The Balaban J connectivity index is 3.56. The molecular formula is C11H15ClO. The number of ether oxygens (including phenoxy) is 1. The molecule has 0 atom stereocenters. The average molecular weight is 199 g/mol. The standard InChI is InChI=1S/C11H15ClO/c1-6-7(2)10(12)9(4)11(13-5)8(6)3/h1-5H3. The zero-order valence-electron chi connectivity index (χ0n) is 8.79. The van der Waals surface area contributed by atoms with Gasteiger partial charge in [0, 0.05) is 5.56 Å². The molecule has 13 heavy (non-hydrogen) atoms. The minimum Gasteiger partial charge on any atom is -0.496 e. The summed E-state index contributed by atoms with van der Waals surface area (Å²) in [5, 5.41) is 0.819. The van der Waals surface area contributed by atoms with E-state index < -0.39 is 0 Å². The van der Waals surface area contributed by atoms with Crippen molar-refractivity contribution in [3.8, 4) is 5.75 Å². The van der Waals surface area contributed by atoms with Gasteiger partial charge in [0.05, 0.1) is 12.1 Å². The lowest BCUT2D eigenvalue weighted by molar-refractivity contribution is 0.408. The molecule has 0 bridgehead atoms. The Labute approximate surface area is 84.7 Å². The van der Waals surface area contributed by atoms with E-state index in [0.29, 0.717) is 0 Å². The van der Waals surface area contributed by atoms with Crippen LogP contribution < -0.4 is 4.74 Å². The molecule has 0 heterocycles. The summed E-state index contributed by atoms with van der Waals surface area (Å²) in [5.41, 5.74) is 4.58. The molecule has 0 aliphatic carbocycles. The van der Waals surface area contributed by atoms with Gasteiger partial charge in [-0.2, -0.15) is 0 Å². The maximum absolute atomic E-state index is 6.16. The van der Waals surface area contributed by atoms with Crippen LogP contribution in [-0.4, -0.2) is 7.11 Å². The van der Waals surface area contributed by atoms with Crippen molar-refractivity contribution in [2.45, 2.75) is 27.7 Å². The number of hydrogen-bond acceptors (Lipinski definition) is 1. The molecule has 0 aliphatic rings. The number of halogens is 1. The Morgan fingerprint density at radius 3 is 1.85 bits per heavy atom. The molecule has 1 aromatic carbocycles. The third-order valence-corrected chi connectivity index (χ3v) is 3.24. The van der Waals surface area contributed by atoms with Gasteiger partial charge < -0.3 is 4.74 Å². The van der Waals surface area contributed by atoms with Crippen LogP contribution >= 0.6 is 11.6 Å². The highest BCUT2D eigenvalue weighted by atomic mass is 35.5. The van der Waals surface area contributed by atoms with Crippen LogP contribution in [0.4, 0.5) is 0 Å². The van der Waals surface area contributed by atoms with Crippen molar-refractivity contribution < 1.29 is 4.74 Å². The van der Waals surface area contributed by atoms with Gasteiger partial charge in [-0.05, 0) is 44.4 Å². The second-order valence-electron chi connectivity index (χ2n) is 3.35. The van der Waals surface area contributed by atoms with Gasteiger partial charge in [-0.3, -0.25) is 0 Å². The maximum Gasteiger partial charge on any atom is 0.126 e. The van der Waals surface area contributed by atoms with E-state index in [1.807, 2.05) is 13.8 Å². The zero-order valence-corrected chi connectivity index (χ0v) is 9.54. The Kier molecular flexibility index (Phi) is 2.87. The van der Waals surface area contributed by atoms with E-state index >= 15 is 0 Å². The van der Waals surface area contributed by atoms with Gasteiger partial charge in [-0.15, -0.1) is 0 Å². The van der Waals surface area contributed by atoms with E-state index in [0.717, 1.165) is 21.9 Å². The van der Waals surface area contributed by atoms with Crippen molar-refractivity contribution in [3.05, 3.63) is 27.3 Å². The van der Waals surface area contributed by atoms with Crippen molar-refractivity contribution in [3.63, 3.8) is 0 Å². The van der Waals surface area contributed by atoms with Crippen molar-refractivity contribution in [1.82, 2.24) is 0 Å². The van der Waals surface area contributed by atoms with Crippen LogP contribution in [0.2, 0.25) is 5.02 Å². The highest BCUT2D eigenvalue weighted by molar-refractivity contribution is 6.32. The van der Waals surface area contributed by atoms with Gasteiger partial charge in [-0.25, -0.2) is 0 Å². The first-order valence-electron chi connectivity index (χ1n) is 4.30. The Hall–Kier alpha value is -0.690. The lowest BCUT2D eigenvalue weighted by Crippen LogP contribution is -1.97. The predicted molar refractivity (Wildman–Crippen MR) is 57.0 cm³/mol. The first kappa shape index (κ1) is 10.4. The highest BCUT2D eigenvalue weighted by Crippen LogP contribution is 2.35. The summed E-state index contributed by atoms with van der Waals surface area (Å²) in [6.07, 6.45) is 0. The van der Waals surface area contributed by atoms with E-state index in [-0.39, 0.29) is 0 Å². The average Bonchev–Trinajstić information content (AvgIpc) is 2.13. The Bertz CT molecular complexity index is 313. The molecule has 1 nitrogen and oxygen atoms in total. The smallest absolute Gasteiger partial charge is 0.126 e. The molecule has 0 aromatic heterocycles. The fraction of sp³-hybridized carbons (Fsp3) is 0.455. The third kappa shape index (κ3) is 1.53. The minimum atomic E-state index is 0.819. The molecule has 0 unspecified atom stereocenters. The second kappa shape index (κ2) is 3.59.